The van der Waals surface area contributed by atoms with Crippen molar-refractivity contribution in [2.24, 2.45) is 16.7 Å². The number of unbranched alkanes of at least 4 members (excludes halogenated alkanes) is 1. The highest BCUT2D eigenvalue weighted by atomic mass is 14.4. The lowest BCUT2D eigenvalue weighted by molar-refractivity contribution is 0.0385. The monoisotopic (exact) mass is 198 g/mol. The Bertz CT molecular complexity index is 153. The van der Waals surface area contributed by atoms with Gasteiger partial charge in [0.25, 0.3) is 0 Å². The van der Waals surface area contributed by atoms with E-state index >= 15 is 0 Å². The first-order valence-corrected chi connectivity index (χ1v) is 6.29. The standard InChI is InChI=1S/C14H30/c1-8-10-11-12(3)14(6,7)13(4,5)9-2/h12H,8-11H2,1-7H3. The van der Waals surface area contributed by atoms with E-state index < -0.39 is 0 Å². The summed E-state index contributed by atoms with van der Waals surface area (Å²) in [4.78, 5) is 0. The Balaban J connectivity index is 4.43. The summed E-state index contributed by atoms with van der Waals surface area (Å²) in [6, 6.07) is 0. The molecule has 86 valence electrons. The summed E-state index contributed by atoms with van der Waals surface area (Å²) in [6.07, 6.45) is 5.36. The van der Waals surface area contributed by atoms with Gasteiger partial charge in [-0.25, -0.2) is 0 Å². The van der Waals surface area contributed by atoms with E-state index in [9.17, 15) is 0 Å². The third kappa shape index (κ3) is 3.00. The van der Waals surface area contributed by atoms with Crippen LogP contribution in [0.5, 0.6) is 0 Å². The minimum absolute atomic E-state index is 0.455. The maximum absolute atomic E-state index is 2.44. The quantitative estimate of drug-likeness (QED) is 0.545. The summed E-state index contributed by atoms with van der Waals surface area (Å²) < 4.78 is 0. The molecule has 1 atom stereocenters. The van der Waals surface area contributed by atoms with E-state index in [0.717, 1.165) is 5.92 Å². The molecule has 0 aliphatic rings. The van der Waals surface area contributed by atoms with E-state index in [1.54, 1.807) is 0 Å². The van der Waals surface area contributed by atoms with Gasteiger partial charge in [0.2, 0.25) is 0 Å². The van der Waals surface area contributed by atoms with Gasteiger partial charge in [0.15, 0.2) is 0 Å². The average Bonchev–Trinajstić information content (AvgIpc) is 2.13. The van der Waals surface area contributed by atoms with Crippen LogP contribution in [0.3, 0.4) is 0 Å². The average molecular weight is 198 g/mol. The molecule has 0 heteroatoms. The third-order valence-electron chi connectivity index (χ3n) is 4.85. The van der Waals surface area contributed by atoms with E-state index in [0.29, 0.717) is 10.8 Å². The van der Waals surface area contributed by atoms with Gasteiger partial charge in [-0.1, -0.05) is 74.1 Å². The molecule has 0 heterocycles. The molecule has 0 amide bonds. The summed E-state index contributed by atoms with van der Waals surface area (Å²) in [5.41, 5.74) is 0.914. The molecule has 14 heavy (non-hydrogen) atoms. The lowest BCUT2D eigenvalue weighted by Crippen LogP contribution is -2.37. The van der Waals surface area contributed by atoms with Gasteiger partial charge in [0.1, 0.15) is 0 Å². The molecule has 0 aromatic rings. The Morgan fingerprint density at radius 2 is 1.50 bits per heavy atom. The van der Waals surface area contributed by atoms with Crippen LogP contribution in [-0.2, 0) is 0 Å². The minimum Gasteiger partial charge on any atom is -0.0654 e. The maximum Gasteiger partial charge on any atom is -0.0277 e. The Hall–Kier alpha value is 0. The Labute approximate surface area is 91.5 Å². The van der Waals surface area contributed by atoms with Gasteiger partial charge in [-0.3, -0.25) is 0 Å². The smallest absolute Gasteiger partial charge is 0.0277 e. The van der Waals surface area contributed by atoms with E-state index in [-0.39, 0.29) is 0 Å². The Morgan fingerprint density at radius 1 is 1.00 bits per heavy atom. The second-order valence-electron chi connectivity index (χ2n) is 6.00. The van der Waals surface area contributed by atoms with Crippen molar-refractivity contribution in [2.75, 3.05) is 0 Å². The van der Waals surface area contributed by atoms with E-state index in [4.69, 9.17) is 0 Å². The molecule has 0 N–H and O–H groups in total. The van der Waals surface area contributed by atoms with Crippen LogP contribution >= 0.6 is 0 Å². The Kier molecular flexibility index (Phi) is 5.19. The molecule has 0 nitrogen and oxygen atoms in total. The second kappa shape index (κ2) is 5.19. The van der Waals surface area contributed by atoms with Gasteiger partial charge in [-0.05, 0) is 16.7 Å². The zero-order valence-corrected chi connectivity index (χ0v) is 11.4. The maximum atomic E-state index is 2.44. The molecule has 0 aromatic carbocycles. The molecule has 0 aromatic heterocycles. The number of hydrogen-bond donors (Lipinski definition) is 0. The molecular formula is C14H30. The molecular weight excluding hydrogens is 168 g/mol. The van der Waals surface area contributed by atoms with Crippen LogP contribution in [0.4, 0.5) is 0 Å². The molecule has 1 unspecified atom stereocenters. The number of rotatable bonds is 6. The first kappa shape index (κ1) is 14.0. The molecule has 0 rings (SSSR count). The summed E-state index contributed by atoms with van der Waals surface area (Å²) in [5, 5.41) is 0. The first-order valence-electron chi connectivity index (χ1n) is 6.29. The molecule has 0 fully saturated rings. The van der Waals surface area contributed by atoms with Gasteiger partial charge in [-0.15, -0.1) is 0 Å². The van der Waals surface area contributed by atoms with E-state index in [1.807, 2.05) is 0 Å². The fraction of sp³-hybridized carbons (Fsp3) is 1.00. The van der Waals surface area contributed by atoms with E-state index in [2.05, 4.69) is 48.5 Å². The van der Waals surface area contributed by atoms with E-state index in [1.165, 1.54) is 25.7 Å². The molecule has 0 aliphatic carbocycles. The largest absolute Gasteiger partial charge is 0.0654 e. The van der Waals surface area contributed by atoms with Crippen molar-refractivity contribution in [1.82, 2.24) is 0 Å². The molecule has 0 aliphatic heterocycles. The summed E-state index contributed by atoms with van der Waals surface area (Å²) in [7, 11) is 0. The van der Waals surface area contributed by atoms with Crippen molar-refractivity contribution >= 4 is 0 Å². The zero-order valence-electron chi connectivity index (χ0n) is 11.4. The van der Waals surface area contributed by atoms with Crippen molar-refractivity contribution in [3.63, 3.8) is 0 Å². The predicted molar refractivity (Wildman–Crippen MR) is 66.5 cm³/mol. The van der Waals surface area contributed by atoms with Gasteiger partial charge < -0.3 is 0 Å². The highest BCUT2D eigenvalue weighted by molar-refractivity contribution is 4.88. The van der Waals surface area contributed by atoms with Crippen molar-refractivity contribution in [1.29, 1.82) is 0 Å². The molecule has 0 radical (unpaired) electrons. The molecule has 0 bridgehead atoms. The van der Waals surface area contributed by atoms with Crippen molar-refractivity contribution in [3.05, 3.63) is 0 Å². The van der Waals surface area contributed by atoms with Crippen molar-refractivity contribution < 1.29 is 0 Å². The lowest BCUT2D eigenvalue weighted by atomic mass is 9.59. The van der Waals surface area contributed by atoms with Crippen LogP contribution in [0.15, 0.2) is 0 Å². The normalized spacial score (nSPS) is 15.6. The van der Waals surface area contributed by atoms with Crippen LogP contribution in [0, 0.1) is 16.7 Å². The third-order valence-corrected chi connectivity index (χ3v) is 4.85. The predicted octanol–water partition coefficient (Wildman–Crippen LogP) is 5.28. The summed E-state index contributed by atoms with van der Waals surface area (Å²) >= 11 is 0. The minimum atomic E-state index is 0.455. The van der Waals surface area contributed by atoms with Crippen molar-refractivity contribution in [2.45, 2.75) is 74.1 Å². The van der Waals surface area contributed by atoms with Gasteiger partial charge in [0, 0.05) is 0 Å². The molecule has 0 saturated carbocycles. The van der Waals surface area contributed by atoms with Crippen LogP contribution in [0.25, 0.3) is 0 Å². The summed E-state index contributed by atoms with van der Waals surface area (Å²) in [5.74, 6) is 0.831. The first-order chi connectivity index (χ1) is 6.29. The second-order valence-corrected chi connectivity index (χ2v) is 6.00. The van der Waals surface area contributed by atoms with Crippen molar-refractivity contribution in [3.8, 4) is 0 Å². The van der Waals surface area contributed by atoms with Crippen LogP contribution < -0.4 is 0 Å². The van der Waals surface area contributed by atoms with Crippen LogP contribution in [0.1, 0.15) is 74.1 Å². The van der Waals surface area contributed by atoms with Gasteiger partial charge in [-0.2, -0.15) is 0 Å². The van der Waals surface area contributed by atoms with Crippen LogP contribution in [-0.4, -0.2) is 0 Å². The fourth-order valence-electron chi connectivity index (χ4n) is 1.99. The number of hydrogen-bond acceptors (Lipinski definition) is 0. The SMILES string of the molecule is CCCCC(C)C(C)(C)C(C)(C)CC. The van der Waals surface area contributed by atoms with Gasteiger partial charge in [0.05, 0.1) is 0 Å². The fourth-order valence-corrected chi connectivity index (χ4v) is 1.99. The molecule has 0 saturated heterocycles. The van der Waals surface area contributed by atoms with Gasteiger partial charge >= 0.3 is 0 Å². The lowest BCUT2D eigenvalue weighted by Gasteiger charge is -2.46. The zero-order chi connectivity index (χ0) is 11.4. The topological polar surface area (TPSA) is 0 Å². The highest BCUT2D eigenvalue weighted by Gasteiger charge is 2.39. The van der Waals surface area contributed by atoms with Crippen LogP contribution in [0.2, 0.25) is 0 Å². The highest BCUT2D eigenvalue weighted by Crippen LogP contribution is 2.47. The molecule has 0 spiro atoms. The summed E-state index contributed by atoms with van der Waals surface area (Å²) in [6.45, 7) is 16.7. The Morgan fingerprint density at radius 3 is 1.86 bits per heavy atom.